The van der Waals surface area contributed by atoms with Crippen molar-refractivity contribution in [2.24, 2.45) is 7.05 Å². The second kappa shape index (κ2) is 7.84. The lowest BCUT2D eigenvalue weighted by atomic mass is 10.1. The number of pyridine rings is 1. The van der Waals surface area contributed by atoms with Crippen LogP contribution in [0.4, 0.5) is 15.0 Å². The van der Waals surface area contributed by atoms with Gasteiger partial charge in [0.05, 0.1) is 22.1 Å². The number of amides is 1. The van der Waals surface area contributed by atoms with Crippen LogP contribution in [0.15, 0.2) is 49.1 Å². The van der Waals surface area contributed by atoms with Gasteiger partial charge in [0.15, 0.2) is 5.82 Å². The number of imidazole rings is 1. The Morgan fingerprint density at radius 3 is 2.75 bits per heavy atom. The predicted molar refractivity (Wildman–Crippen MR) is 134 cm³/mol. The number of halogens is 1. The lowest BCUT2D eigenvalue weighted by Gasteiger charge is -2.24. The van der Waals surface area contributed by atoms with Gasteiger partial charge in [0, 0.05) is 31.5 Å². The number of rotatable bonds is 2. The zero-order chi connectivity index (χ0) is 25.2. The Morgan fingerprint density at radius 1 is 1.14 bits per heavy atom. The van der Waals surface area contributed by atoms with Crippen molar-refractivity contribution in [3.8, 4) is 17.2 Å². The van der Waals surface area contributed by atoms with Crippen LogP contribution in [0.5, 0.6) is 0 Å². The fourth-order valence-electron chi connectivity index (χ4n) is 4.54. The molecule has 6 rings (SSSR count). The quantitative estimate of drug-likeness (QED) is 0.357. The SMILES string of the molecule is Cn1cc(F)c2c(-c3cnc4c(c3)CCN4C(=O)OC(C)(C)C)nc(-n3cnc4ccccc43)nc21. The van der Waals surface area contributed by atoms with Crippen LogP contribution in [-0.4, -0.2) is 47.3 Å². The van der Waals surface area contributed by atoms with Crippen molar-refractivity contribution in [2.75, 3.05) is 11.4 Å². The van der Waals surface area contributed by atoms with Gasteiger partial charge < -0.3 is 9.30 Å². The van der Waals surface area contributed by atoms with Crippen LogP contribution in [0.25, 0.3) is 39.3 Å². The maximum atomic E-state index is 15.1. The van der Waals surface area contributed by atoms with Gasteiger partial charge in [-0.2, -0.15) is 4.98 Å². The lowest BCUT2D eigenvalue weighted by Crippen LogP contribution is -2.36. The highest BCUT2D eigenvalue weighted by atomic mass is 19.1. The molecule has 0 saturated heterocycles. The van der Waals surface area contributed by atoms with Crippen molar-refractivity contribution in [2.45, 2.75) is 32.8 Å². The van der Waals surface area contributed by atoms with Crippen LogP contribution in [0, 0.1) is 5.82 Å². The second-order valence-electron chi connectivity index (χ2n) is 9.85. The first-order chi connectivity index (χ1) is 17.2. The molecule has 5 aromatic rings. The van der Waals surface area contributed by atoms with Gasteiger partial charge >= 0.3 is 6.09 Å². The summed E-state index contributed by atoms with van der Waals surface area (Å²) in [7, 11) is 1.75. The number of fused-ring (bicyclic) bond motifs is 3. The average molecular weight is 486 g/mol. The standard InChI is InChI=1S/C26H24FN7O2/c1-26(2,3)36-25(35)33-10-9-15-11-16(12-28-22(15)33)21-20-17(27)13-32(4)23(20)31-24(30-21)34-14-29-18-7-5-6-8-19(18)34/h5-8,11-14H,9-10H2,1-4H3. The van der Waals surface area contributed by atoms with Crippen LogP contribution < -0.4 is 4.90 Å². The van der Waals surface area contributed by atoms with E-state index in [1.807, 2.05) is 51.1 Å². The third-order valence-corrected chi connectivity index (χ3v) is 6.12. The molecule has 1 aliphatic heterocycles. The molecule has 36 heavy (non-hydrogen) atoms. The second-order valence-corrected chi connectivity index (χ2v) is 9.85. The van der Waals surface area contributed by atoms with Crippen LogP contribution in [0.3, 0.4) is 0 Å². The molecule has 0 atom stereocenters. The molecule has 182 valence electrons. The van der Waals surface area contributed by atoms with Crippen molar-refractivity contribution < 1.29 is 13.9 Å². The molecular formula is C26H24FN7O2. The first-order valence-electron chi connectivity index (χ1n) is 11.6. The molecule has 1 amide bonds. The van der Waals surface area contributed by atoms with Crippen molar-refractivity contribution in [1.29, 1.82) is 0 Å². The number of ether oxygens (including phenoxy) is 1. The van der Waals surface area contributed by atoms with E-state index >= 15 is 4.39 Å². The lowest BCUT2D eigenvalue weighted by molar-refractivity contribution is 0.0583. The van der Waals surface area contributed by atoms with Crippen LogP contribution in [-0.2, 0) is 18.2 Å². The van der Waals surface area contributed by atoms with E-state index in [1.165, 1.54) is 11.1 Å². The number of para-hydroxylation sites is 2. The molecule has 0 fully saturated rings. The number of hydrogen-bond acceptors (Lipinski definition) is 6. The van der Waals surface area contributed by atoms with E-state index in [1.54, 1.807) is 28.7 Å². The normalized spacial score (nSPS) is 13.5. The number of benzene rings is 1. The fourth-order valence-corrected chi connectivity index (χ4v) is 4.54. The summed E-state index contributed by atoms with van der Waals surface area (Å²) in [6.07, 6.45) is 4.85. The molecule has 0 bridgehead atoms. The Labute approximate surface area is 206 Å². The third kappa shape index (κ3) is 3.57. The van der Waals surface area contributed by atoms with Gasteiger partial charge in [-0.3, -0.25) is 9.47 Å². The topological polar surface area (TPSA) is 91.0 Å². The highest BCUT2D eigenvalue weighted by Crippen LogP contribution is 2.35. The van der Waals surface area contributed by atoms with E-state index in [0.29, 0.717) is 47.0 Å². The summed E-state index contributed by atoms with van der Waals surface area (Å²) in [5, 5.41) is 0.314. The monoisotopic (exact) mass is 485 g/mol. The van der Waals surface area contributed by atoms with Crippen molar-refractivity contribution >= 4 is 34.0 Å². The van der Waals surface area contributed by atoms with Gasteiger partial charge in [-0.1, -0.05) is 12.1 Å². The number of carbonyl (C=O) groups excluding carboxylic acids is 1. The first kappa shape index (κ1) is 22.1. The smallest absolute Gasteiger partial charge is 0.416 e. The molecule has 0 N–H and O–H groups in total. The van der Waals surface area contributed by atoms with Crippen molar-refractivity contribution in [3.63, 3.8) is 0 Å². The summed E-state index contributed by atoms with van der Waals surface area (Å²) in [5.41, 5.74) is 3.45. The molecule has 10 heteroatoms. The highest BCUT2D eigenvalue weighted by molar-refractivity contribution is 5.94. The Hall–Kier alpha value is -4.34. The van der Waals surface area contributed by atoms with E-state index in [-0.39, 0.29) is 0 Å². The average Bonchev–Trinajstić information content (AvgIpc) is 3.52. The Bertz CT molecular complexity index is 1660. The van der Waals surface area contributed by atoms with Gasteiger partial charge in [0.25, 0.3) is 0 Å². The summed E-state index contributed by atoms with van der Waals surface area (Å²) in [6.45, 7) is 5.95. The molecule has 0 unspecified atom stereocenters. The largest absolute Gasteiger partial charge is 0.443 e. The van der Waals surface area contributed by atoms with Gasteiger partial charge in [0.2, 0.25) is 5.95 Å². The highest BCUT2D eigenvalue weighted by Gasteiger charge is 2.31. The zero-order valence-electron chi connectivity index (χ0n) is 20.4. The molecular weight excluding hydrogens is 461 g/mol. The molecule has 4 aromatic heterocycles. The summed E-state index contributed by atoms with van der Waals surface area (Å²) in [5.74, 6) is 0.511. The minimum atomic E-state index is -0.606. The molecule has 0 aliphatic carbocycles. The summed E-state index contributed by atoms with van der Waals surface area (Å²) >= 11 is 0. The fraction of sp³-hybridized carbons (Fsp3) is 0.269. The van der Waals surface area contributed by atoms with Crippen molar-refractivity contribution in [3.05, 3.63) is 60.4 Å². The Morgan fingerprint density at radius 2 is 1.94 bits per heavy atom. The van der Waals surface area contributed by atoms with Crippen LogP contribution in [0.1, 0.15) is 26.3 Å². The number of anilines is 1. The predicted octanol–water partition coefficient (Wildman–Crippen LogP) is 4.81. The zero-order valence-corrected chi connectivity index (χ0v) is 20.4. The van der Waals surface area contributed by atoms with E-state index in [2.05, 4.69) is 15.0 Å². The number of nitrogens with zero attached hydrogens (tertiary/aromatic N) is 7. The maximum Gasteiger partial charge on any atom is 0.416 e. The van der Waals surface area contributed by atoms with Crippen molar-refractivity contribution in [1.82, 2.24) is 29.1 Å². The summed E-state index contributed by atoms with van der Waals surface area (Å²) < 4.78 is 24.0. The number of hydrogen-bond donors (Lipinski definition) is 0. The number of aromatic nitrogens is 6. The summed E-state index contributed by atoms with van der Waals surface area (Å²) in [6, 6.07) is 9.59. The van der Waals surface area contributed by atoms with Crippen LogP contribution in [0.2, 0.25) is 0 Å². The first-order valence-corrected chi connectivity index (χ1v) is 11.6. The minimum Gasteiger partial charge on any atom is -0.443 e. The molecule has 0 radical (unpaired) electrons. The number of carbonyl (C=O) groups is 1. The Kier molecular flexibility index (Phi) is 4.82. The number of aryl methyl sites for hydroxylation is 1. The maximum absolute atomic E-state index is 15.1. The molecule has 9 nitrogen and oxygen atoms in total. The Balaban J connectivity index is 1.48. The molecule has 1 aromatic carbocycles. The van der Waals surface area contributed by atoms with Gasteiger partial charge in [-0.15, -0.1) is 0 Å². The summed E-state index contributed by atoms with van der Waals surface area (Å²) in [4.78, 5) is 32.7. The van der Waals surface area contributed by atoms with E-state index in [0.717, 1.165) is 16.6 Å². The molecule has 5 heterocycles. The molecule has 0 spiro atoms. The third-order valence-electron chi connectivity index (χ3n) is 6.12. The van der Waals surface area contributed by atoms with Gasteiger partial charge in [-0.05, 0) is 51.0 Å². The molecule has 1 aliphatic rings. The van der Waals surface area contributed by atoms with Gasteiger partial charge in [0.1, 0.15) is 23.4 Å². The molecule has 0 saturated carbocycles. The van der Waals surface area contributed by atoms with E-state index in [9.17, 15) is 4.79 Å². The van der Waals surface area contributed by atoms with Crippen LogP contribution >= 0.6 is 0 Å². The minimum absolute atomic E-state index is 0.314. The van der Waals surface area contributed by atoms with E-state index in [4.69, 9.17) is 9.72 Å². The van der Waals surface area contributed by atoms with E-state index < -0.39 is 17.5 Å². The van der Waals surface area contributed by atoms with Gasteiger partial charge in [-0.25, -0.2) is 24.1 Å².